The quantitative estimate of drug-likeness (QED) is 0.269. The van der Waals surface area contributed by atoms with E-state index in [1.807, 2.05) is 30.3 Å². The Kier molecular flexibility index (Phi) is 8.32. The first-order valence-electron chi connectivity index (χ1n) is 9.34. The van der Waals surface area contributed by atoms with Crippen molar-refractivity contribution in [2.75, 3.05) is 7.11 Å². The smallest absolute Gasteiger partial charge is 0.180 e. The van der Waals surface area contributed by atoms with Crippen LogP contribution in [0.3, 0.4) is 0 Å². The molecule has 0 aliphatic rings. The van der Waals surface area contributed by atoms with Gasteiger partial charge in [-0.3, -0.25) is 0 Å². The molecule has 3 aromatic carbocycles. The molecule has 0 unspecified atom stereocenters. The fourth-order valence-electron chi connectivity index (χ4n) is 2.67. The Labute approximate surface area is 189 Å². The first-order chi connectivity index (χ1) is 15.1. The summed E-state index contributed by atoms with van der Waals surface area (Å²) in [5, 5.41) is 8.71. The number of ether oxygens (including phenoxy) is 2. The summed E-state index contributed by atoms with van der Waals surface area (Å²) in [6.07, 6.45) is 1.51. The molecule has 0 saturated carbocycles. The van der Waals surface area contributed by atoms with Crippen molar-refractivity contribution >= 4 is 34.7 Å². The zero-order valence-corrected chi connectivity index (χ0v) is 18.4. The molecule has 3 rings (SSSR count). The van der Waals surface area contributed by atoms with Crippen LogP contribution in [0.4, 0.5) is 4.39 Å². The van der Waals surface area contributed by atoms with Gasteiger partial charge >= 0.3 is 0 Å². The molecule has 8 heteroatoms. The van der Waals surface area contributed by atoms with Crippen LogP contribution in [0.1, 0.15) is 16.7 Å². The van der Waals surface area contributed by atoms with Gasteiger partial charge in [0, 0.05) is 16.9 Å². The SMILES string of the molecule is COc1cccc(C=NN=C(N)SCc2ccccc2)c1OCc1c(F)cccc1Cl. The van der Waals surface area contributed by atoms with Crippen LogP contribution in [-0.4, -0.2) is 18.5 Å². The molecule has 0 saturated heterocycles. The maximum absolute atomic E-state index is 14.1. The summed E-state index contributed by atoms with van der Waals surface area (Å²) >= 11 is 7.48. The third kappa shape index (κ3) is 6.47. The summed E-state index contributed by atoms with van der Waals surface area (Å²) in [6.45, 7) is -0.0644. The van der Waals surface area contributed by atoms with Gasteiger partial charge in [-0.2, -0.15) is 5.10 Å². The normalized spacial score (nSPS) is 11.6. The van der Waals surface area contributed by atoms with E-state index in [4.69, 9.17) is 26.8 Å². The van der Waals surface area contributed by atoms with Crippen molar-refractivity contribution in [3.63, 3.8) is 0 Å². The first kappa shape index (κ1) is 22.7. The molecule has 31 heavy (non-hydrogen) atoms. The van der Waals surface area contributed by atoms with Gasteiger partial charge in [-0.15, -0.1) is 5.10 Å². The van der Waals surface area contributed by atoms with E-state index in [2.05, 4.69) is 10.2 Å². The number of halogens is 2. The summed E-state index contributed by atoms with van der Waals surface area (Å²) in [5.74, 6) is 1.14. The van der Waals surface area contributed by atoms with Crippen molar-refractivity contribution in [3.8, 4) is 11.5 Å². The highest BCUT2D eigenvalue weighted by Crippen LogP contribution is 2.32. The fourth-order valence-corrected chi connectivity index (χ4v) is 3.50. The van der Waals surface area contributed by atoms with Gasteiger partial charge in [0.25, 0.3) is 0 Å². The summed E-state index contributed by atoms with van der Waals surface area (Å²) < 4.78 is 25.3. The molecular weight excluding hydrogens is 437 g/mol. The van der Waals surface area contributed by atoms with Crippen LogP contribution in [0.2, 0.25) is 5.02 Å². The van der Waals surface area contributed by atoms with Gasteiger partial charge in [-0.05, 0) is 29.8 Å². The van der Waals surface area contributed by atoms with Gasteiger partial charge in [0.1, 0.15) is 12.4 Å². The molecule has 0 spiro atoms. The molecule has 160 valence electrons. The second-order valence-corrected chi connectivity index (χ2v) is 7.73. The zero-order valence-electron chi connectivity index (χ0n) is 16.8. The minimum Gasteiger partial charge on any atom is -0.493 e. The van der Waals surface area contributed by atoms with E-state index >= 15 is 0 Å². The zero-order chi connectivity index (χ0) is 22.1. The topological polar surface area (TPSA) is 69.2 Å². The molecule has 0 radical (unpaired) electrons. The highest BCUT2D eigenvalue weighted by molar-refractivity contribution is 8.13. The Morgan fingerprint density at radius 3 is 2.61 bits per heavy atom. The summed E-state index contributed by atoms with van der Waals surface area (Å²) in [6, 6.07) is 19.7. The van der Waals surface area contributed by atoms with E-state index in [1.54, 1.807) is 30.3 Å². The predicted octanol–water partition coefficient (Wildman–Crippen LogP) is 5.65. The van der Waals surface area contributed by atoms with Gasteiger partial charge in [0.05, 0.1) is 18.3 Å². The average molecular weight is 458 g/mol. The third-order valence-corrected chi connectivity index (χ3v) is 5.44. The van der Waals surface area contributed by atoms with E-state index < -0.39 is 5.82 Å². The van der Waals surface area contributed by atoms with Gasteiger partial charge in [0.2, 0.25) is 0 Å². The van der Waals surface area contributed by atoms with Crippen molar-refractivity contribution in [1.82, 2.24) is 0 Å². The molecule has 0 heterocycles. The molecule has 0 fully saturated rings. The van der Waals surface area contributed by atoms with Crippen LogP contribution in [0.25, 0.3) is 0 Å². The van der Waals surface area contributed by atoms with Crippen molar-refractivity contribution in [1.29, 1.82) is 0 Å². The van der Waals surface area contributed by atoms with Gasteiger partial charge < -0.3 is 15.2 Å². The highest BCUT2D eigenvalue weighted by atomic mass is 35.5. The van der Waals surface area contributed by atoms with Crippen LogP contribution >= 0.6 is 23.4 Å². The maximum atomic E-state index is 14.1. The van der Waals surface area contributed by atoms with E-state index in [-0.39, 0.29) is 17.2 Å². The number of methoxy groups -OCH3 is 1. The van der Waals surface area contributed by atoms with Gasteiger partial charge in [0.15, 0.2) is 16.7 Å². The number of hydrogen-bond acceptors (Lipinski definition) is 5. The third-order valence-electron chi connectivity index (χ3n) is 4.23. The number of rotatable bonds is 8. The highest BCUT2D eigenvalue weighted by Gasteiger charge is 2.13. The molecule has 0 amide bonds. The molecule has 0 bridgehead atoms. The Bertz CT molecular complexity index is 1060. The van der Waals surface area contributed by atoms with E-state index in [0.717, 1.165) is 5.56 Å². The summed E-state index contributed by atoms with van der Waals surface area (Å²) in [5.41, 5.74) is 7.95. The Balaban J connectivity index is 1.72. The summed E-state index contributed by atoms with van der Waals surface area (Å²) in [7, 11) is 1.52. The van der Waals surface area contributed by atoms with Crippen molar-refractivity contribution in [2.45, 2.75) is 12.4 Å². The number of para-hydroxylation sites is 1. The maximum Gasteiger partial charge on any atom is 0.180 e. The fraction of sp³-hybridized carbons (Fsp3) is 0.130. The first-order valence-corrected chi connectivity index (χ1v) is 10.7. The van der Waals surface area contributed by atoms with E-state index in [1.165, 1.54) is 31.2 Å². The van der Waals surface area contributed by atoms with Crippen LogP contribution in [0, 0.1) is 5.82 Å². The number of nitrogens with two attached hydrogens (primary N) is 1. The molecule has 2 N–H and O–H groups in total. The molecule has 5 nitrogen and oxygen atoms in total. The van der Waals surface area contributed by atoms with Crippen molar-refractivity contribution in [3.05, 3.63) is 94.3 Å². The average Bonchev–Trinajstić information content (AvgIpc) is 2.78. The number of thioether (sulfide) groups is 1. The lowest BCUT2D eigenvalue weighted by Crippen LogP contribution is -2.06. The predicted molar refractivity (Wildman–Crippen MR) is 126 cm³/mol. The molecule has 0 aliphatic carbocycles. The van der Waals surface area contributed by atoms with Crippen LogP contribution in [0.5, 0.6) is 11.5 Å². The Hall–Kier alpha value is -3.03. The lowest BCUT2D eigenvalue weighted by molar-refractivity contribution is 0.279. The minimum atomic E-state index is -0.439. The molecule has 3 aromatic rings. The number of nitrogens with zero attached hydrogens (tertiary/aromatic N) is 2. The largest absolute Gasteiger partial charge is 0.493 e. The van der Waals surface area contributed by atoms with Gasteiger partial charge in [-0.1, -0.05) is 65.8 Å². The molecule has 0 aliphatic heterocycles. The van der Waals surface area contributed by atoms with E-state index in [0.29, 0.717) is 28.0 Å². The summed E-state index contributed by atoms with van der Waals surface area (Å²) in [4.78, 5) is 0. The number of hydrogen-bond donors (Lipinski definition) is 1. The minimum absolute atomic E-state index is 0.0644. The van der Waals surface area contributed by atoms with Crippen molar-refractivity contribution in [2.24, 2.45) is 15.9 Å². The Morgan fingerprint density at radius 2 is 1.87 bits per heavy atom. The second kappa shape index (κ2) is 11.4. The lowest BCUT2D eigenvalue weighted by Gasteiger charge is -2.14. The molecule has 0 aromatic heterocycles. The van der Waals surface area contributed by atoms with Crippen LogP contribution in [-0.2, 0) is 12.4 Å². The van der Waals surface area contributed by atoms with Gasteiger partial charge in [-0.25, -0.2) is 4.39 Å². The number of benzene rings is 3. The van der Waals surface area contributed by atoms with Crippen LogP contribution < -0.4 is 15.2 Å². The standard InChI is InChI=1S/C23H21ClFN3O2S/c1-29-21-12-5-9-17(22(21)30-14-18-19(24)10-6-11-20(18)25)13-27-28-23(26)31-15-16-7-3-2-4-8-16/h2-13H,14-15H2,1H3,(H2,26,28). The number of amidine groups is 1. The second-order valence-electron chi connectivity index (χ2n) is 6.32. The molecule has 0 atom stereocenters. The van der Waals surface area contributed by atoms with E-state index in [9.17, 15) is 4.39 Å². The Morgan fingerprint density at radius 1 is 1.10 bits per heavy atom. The molecular formula is C23H21ClFN3O2S. The lowest BCUT2D eigenvalue weighted by atomic mass is 10.2. The monoisotopic (exact) mass is 457 g/mol. The van der Waals surface area contributed by atoms with Crippen molar-refractivity contribution < 1.29 is 13.9 Å². The van der Waals surface area contributed by atoms with Crippen LogP contribution in [0.15, 0.2) is 76.9 Å².